The van der Waals surface area contributed by atoms with Gasteiger partial charge in [-0.05, 0) is 41.7 Å². The molecule has 0 saturated carbocycles. The maximum absolute atomic E-state index is 14.4. The third kappa shape index (κ3) is 7.05. The summed E-state index contributed by atoms with van der Waals surface area (Å²) in [4.78, 5) is 16.5. The van der Waals surface area contributed by atoms with Crippen LogP contribution in [-0.2, 0) is 24.9 Å². The van der Waals surface area contributed by atoms with Crippen molar-refractivity contribution in [2.24, 2.45) is 10.8 Å². The number of benzene rings is 4. The molecular weight excluding hydrogens is 766 g/mol. The largest absolute Gasteiger partial charge is 0.512 e. The van der Waals surface area contributed by atoms with Gasteiger partial charge in [0.15, 0.2) is 17.2 Å². The molecular formula is C41H43FIrNO3-. The van der Waals surface area contributed by atoms with Gasteiger partial charge >= 0.3 is 0 Å². The summed E-state index contributed by atoms with van der Waals surface area (Å²) in [6.45, 7) is 16.1. The van der Waals surface area contributed by atoms with Gasteiger partial charge in [0.05, 0.1) is 0 Å². The molecule has 0 aliphatic carbocycles. The van der Waals surface area contributed by atoms with E-state index in [0.717, 1.165) is 34.6 Å². The van der Waals surface area contributed by atoms with Crippen molar-refractivity contribution in [3.05, 3.63) is 102 Å². The number of hydrogen-bond acceptors (Lipinski definition) is 4. The summed E-state index contributed by atoms with van der Waals surface area (Å²) < 4.78 is 20.4. The summed E-state index contributed by atoms with van der Waals surface area (Å²) in [6.07, 6.45) is 4.75. The van der Waals surface area contributed by atoms with Gasteiger partial charge in [-0.1, -0.05) is 109 Å². The van der Waals surface area contributed by atoms with Gasteiger partial charge in [0.25, 0.3) is 0 Å². The van der Waals surface area contributed by atoms with Crippen LogP contribution < -0.4 is 0 Å². The molecule has 0 aliphatic heterocycles. The first-order valence-electron chi connectivity index (χ1n) is 16.1. The molecule has 0 amide bonds. The van der Waals surface area contributed by atoms with Crippen LogP contribution in [0.25, 0.3) is 54.7 Å². The summed E-state index contributed by atoms with van der Waals surface area (Å²) in [7, 11) is 0. The van der Waals surface area contributed by atoms with Crippen molar-refractivity contribution in [3.63, 3.8) is 0 Å². The SMILES string of the molecule is CC(C)c1cc(-c2nccc3c2oc2c(F)cccc23)[c-]c2ccc3ccccc3c12.CCC(C)(C)C(=O)/C=C(\O)C(C)(C)CC.[Ir]. The molecule has 1 N–H and O–H groups in total. The summed E-state index contributed by atoms with van der Waals surface area (Å²) in [6, 6.07) is 25.3. The van der Waals surface area contributed by atoms with E-state index in [1.807, 2.05) is 53.7 Å². The van der Waals surface area contributed by atoms with E-state index in [1.54, 1.807) is 12.3 Å². The quantitative estimate of drug-likeness (QED) is 0.0755. The van der Waals surface area contributed by atoms with E-state index in [1.165, 1.54) is 33.9 Å². The maximum Gasteiger partial charge on any atom is 0.170 e. The molecule has 6 aromatic rings. The van der Waals surface area contributed by atoms with Gasteiger partial charge in [-0.3, -0.25) is 9.78 Å². The molecule has 47 heavy (non-hydrogen) atoms. The van der Waals surface area contributed by atoms with Gasteiger partial charge in [-0.25, -0.2) is 4.39 Å². The zero-order chi connectivity index (χ0) is 33.4. The number of fused-ring (bicyclic) bond motifs is 6. The van der Waals surface area contributed by atoms with Crippen molar-refractivity contribution >= 4 is 49.3 Å². The number of aliphatic hydroxyl groups excluding tert-OH is 1. The Morgan fingerprint density at radius 2 is 1.57 bits per heavy atom. The predicted molar refractivity (Wildman–Crippen MR) is 189 cm³/mol. The number of aromatic nitrogens is 1. The van der Waals surface area contributed by atoms with Crippen LogP contribution in [0.4, 0.5) is 4.39 Å². The van der Waals surface area contributed by atoms with Crippen molar-refractivity contribution in [1.29, 1.82) is 0 Å². The van der Waals surface area contributed by atoms with Crippen LogP contribution in [0, 0.1) is 22.7 Å². The van der Waals surface area contributed by atoms with Crippen LogP contribution in [0.5, 0.6) is 0 Å². The zero-order valence-electron chi connectivity index (χ0n) is 28.4. The van der Waals surface area contributed by atoms with E-state index in [4.69, 9.17) is 4.42 Å². The fourth-order valence-electron chi connectivity index (χ4n) is 5.43. The molecule has 6 rings (SSSR count). The van der Waals surface area contributed by atoms with Crippen molar-refractivity contribution in [2.75, 3.05) is 0 Å². The maximum atomic E-state index is 14.4. The number of furan rings is 1. The van der Waals surface area contributed by atoms with E-state index >= 15 is 0 Å². The standard InChI is InChI=1S/C28H19FNO.C13H24O2.Ir/c1-16(2)23-15-19(14-18-11-10-17-6-3-4-7-20(17)25(18)23)26-28-22(12-13-30-26)21-8-5-9-24(29)27(21)31-28;1-7-12(3,4)10(14)9-11(15)13(5,6)8-2;/h3-13,15-16H,1-2H3;9,14H,7-8H2,1-6H3;/q-1;;/b;10-9-;. The molecule has 247 valence electrons. The van der Waals surface area contributed by atoms with E-state index in [0.29, 0.717) is 17.2 Å². The summed E-state index contributed by atoms with van der Waals surface area (Å²) >= 11 is 0. The molecule has 0 bridgehead atoms. The number of para-hydroxylation sites is 1. The summed E-state index contributed by atoms with van der Waals surface area (Å²) in [5, 5.41) is 16.2. The molecule has 0 aliphatic rings. The minimum absolute atomic E-state index is 0. The molecule has 0 saturated heterocycles. The first-order valence-corrected chi connectivity index (χ1v) is 16.1. The van der Waals surface area contributed by atoms with E-state index in [9.17, 15) is 14.3 Å². The minimum Gasteiger partial charge on any atom is -0.512 e. The first-order chi connectivity index (χ1) is 21.8. The van der Waals surface area contributed by atoms with Crippen molar-refractivity contribution in [2.45, 2.75) is 74.1 Å². The third-order valence-corrected chi connectivity index (χ3v) is 9.43. The number of carbonyl (C=O) groups excluding carboxylic acids is 1. The number of rotatable bonds is 7. The van der Waals surface area contributed by atoms with Gasteiger partial charge in [-0.2, -0.15) is 0 Å². The number of hydrogen-bond donors (Lipinski definition) is 1. The Hall–Kier alpha value is -3.86. The van der Waals surface area contributed by atoms with Crippen LogP contribution in [0.15, 0.2) is 89.2 Å². The van der Waals surface area contributed by atoms with Crippen LogP contribution in [-0.4, -0.2) is 15.9 Å². The average Bonchev–Trinajstić information content (AvgIpc) is 3.44. The molecule has 6 heteroatoms. The Labute approximate surface area is 290 Å². The number of nitrogens with zero attached hydrogens (tertiary/aromatic N) is 1. The number of ketones is 1. The second-order valence-electron chi connectivity index (χ2n) is 13.6. The Bertz CT molecular complexity index is 2110. The second kappa shape index (κ2) is 14.1. The zero-order valence-corrected chi connectivity index (χ0v) is 30.8. The number of carbonyl (C=O) groups is 1. The minimum atomic E-state index is -0.377. The predicted octanol–water partition coefficient (Wildman–Crippen LogP) is 11.9. The molecule has 4 nitrogen and oxygen atoms in total. The van der Waals surface area contributed by atoms with E-state index < -0.39 is 0 Å². The van der Waals surface area contributed by atoms with Crippen LogP contribution in [0.3, 0.4) is 0 Å². The normalized spacial score (nSPS) is 12.4. The second-order valence-corrected chi connectivity index (χ2v) is 13.6. The van der Waals surface area contributed by atoms with E-state index in [-0.39, 0.29) is 53.9 Å². The Kier molecular flexibility index (Phi) is 10.8. The fraction of sp³-hybridized carbons (Fsp3) is 0.317. The molecule has 0 fully saturated rings. The van der Waals surface area contributed by atoms with Crippen LogP contribution in [0.1, 0.15) is 79.7 Å². The van der Waals surface area contributed by atoms with Crippen molar-refractivity contribution in [3.8, 4) is 11.3 Å². The van der Waals surface area contributed by atoms with E-state index in [2.05, 4.69) is 67.4 Å². The molecule has 4 aromatic carbocycles. The number of pyridine rings is 1. The first kappa shape index (κ1) is 36.0. The Morgan fingerprint density at radius 3 is 2.26 bits per heavy atom. The topological polar surface area (TPSA) is 63.3 Å². The number of halogens is 1. The molecule has 1 radical (unpaired) electrons. The van der Waals surface area contributed by atoms with Gasteiger partial charge in [0.1, 0.15) is 11.3 Å². The van der Waals surface area contributed by atoms with Crippen LogP contribution >= 0.6 is 0 Å². The smallest absolute Gasteiger partial charge is 0.170 e. The van der Waals surface area contributed by atoms with Gasteiger partial charge in [-0.15, -0.1) is 29.1 Å². The fourth-order valence-corrected chi connectivity index (χ4v) is 5.43. The Morgan fingerprint density at radius 1 is 0.915 bits per heavy atom. The summed E-state index contributed by atoms with van der Waals surface area (Å²) in [5.41, 5.74) is 2.96. The van der Waals surface area contributed by atoms with Gasteiger partial charge in [0, 0.05) is 59.7 Å². The third-order valence-electron chi connectivity index (χ3n) is 9.43. The number of aliphatic hydroxyl groups is 1. The van der Waals surface area contributed by atoms with Gasteiger partial charge < -0.3 is 9.52 Å². The average molecular weight is 809 g/mol. The van der Waals surface area contributed by atoms with Gasteiger partial charge in [0.2, 0.25) is 0 Å². The monoisotopic (exact) mass is 809 g/mol. The number of allylic oxidation sites excluding steroid dienone is 2. The van der Waals surface area contributed by atoms with Crippen LogP contribution in [0.2, 0.25) is 0 Å². The molecule has 2 heterocycles. The Balaban J connectivity index is 0.000000269. The summed E-state index contributed by atoms with van der Waals surface area (Å²) in [5.74, 6) is 0.144. The molecule has 2 aromatic heterocycles. The van der Waals surface area contributed by atoms with Crippen molar-refractivity contribution < 1.29 is 38.8 Å². The van der Waals surface area contributed by atoms with Crippen molar-refractivity contribution in [1.82, 2.24) is 4.98 Å². The molecule has 0 unspecified atom stereocenters. The molecule has 0 spiro atoms. The molecule has 0 atom stereocenters.